The largest absolute Gasteiger partial charge is 0.432 e. The molecule has 1 atom stereocenters. The van der Waals surface area contributed by atoms with Crippen molar-refractivity contribution in [1.82, 2.24) is 19.4 Å². The summed E-state index contributed by atoms with van der Waals surface area (Å²) in [6.45, 7) is 0.760. The van der Waals surface area contributed by atoms with Gasteiger partial charge in [0.15, 0.2) is 0 Å². The van der Waals surface area contributed by atoms with E-state index in [9.17, 15) is 22.8 Å². The van der Waals surface area contributed by atoms with E-state index < -0.39 is 11.9 Å². The SMILES string of the molecule is Cn1ccc(C(=O)N2CCC[C@@H](c3ncc(C(F)(F)F)[nH]3)C2)cc1=O. The first kappa shape index (κ1) is 17.2. The van der Waals surface area contributed by atoms with Gasteiger partial charge in [0.25, 0.3) is 11.5 Å². The van der Waals surface area contributed by atoms with E-state index in [-0.39, 0.29) is 35.3 Å². The van der Waals surface area contributed by atoms with Crippen LogP contribution in [0, 0.1) is 0 Å². The second kappa shape index (κ2) is 6.38. The average molecular weight is 354 g/mol. The molecule has 1 fully saturated rings. The number of amides is 1. The number of aromatic amines is 1. The Morgan fingerprint density at radius 2 is 2.16 bits per heavy atom. The van der Waals surface area contributed by atoms with Gasteiger partial charge in [-0.3, -0.25) is 9.59 Å². The van der Waals surface area contributed by atoms with Gasteiger partial charge in [-0.1, -0.05) is 0 Å². The van der Waals surface area contributed by atoms with E-state index in [4.69, 9.17) is 0 Å². The van der Waals surface area contributed by atoms with Crippen molar-refractivity contribution in [2.75, 3.05) is 13.1 Å². The van der Waals surface area contributed by atoms with Gasteiger partial charge in [0, 0.05) is 43.9 Å². The van der Waals surface area contributed by atoms with Crippen LogP contribution in [0.15, 0.2) is 29.3 Å². The van der Waals surface area contributed by atoms with Crippen LogP contribution in [0.4, 0.5) is 13.2 Å². The number of aromatic nitrogens is 3. The van der Waals surface area contributed by atoms with Gasteiger partial charge >= 0.3 is 6.18 Å². The number of halogens is 3. The zero-order chi connectivity index (χ0) is 18.2. The number of H-pyrrole nitrogens is 1. The molecule has 1 amide bonds. The van der Waals surface area contributed by atoms with E-state index in [1.807, 2.05) is 0 Å². The van der Waals surface area contributed by atoms with Gasteiger partial charge in [-0.15, -0.1) is 0 Å². The van der Waals surface area contributed by atoms with Crippen molar-refractivity contribution in [2.24, 2.45) is 7.05 Å². The molecule has 6 nitrogen and oxygen atoms in total. The van der Waals surface area contributed by atoms with Crippen LogP contribution in [0.25, 0.3) is 0 Å². The van der Waals surface area contributed by atoms with Crippen LogP contribution < -0.4 is 5.56 Å². The smallest absolute Gasteiger partial charge is 0.338 e. The first-order chi connectivity index (χ1) is 11.8. The average Bonchev–Trinajstić information content (AvgIpc) is 3.07. The Morgan fingerprint density at radius 1 is 1.40 bits per heavy atom. The van der Waals surface area contributed by atoms with Crippen molar-refractivity contribution in [2.45, 2.75) is 24.9 Å². The lowest BCUT2D eigenvalue weighted by Crippen LogP contribution is -2.39. The summed E-state index contributed by atoms with van der Waals surface area (Å²) in [4.78, 5) is 31.9. The zero-order valence-electron chi connectivity index (χ0n) is 13.5. The van der Waals surface area contributed by atoms with Gasteiger partial charge in [0.2, 0.25) is 0 Å². The number of imidazole rings is 1. The van der Waals surface area contributed by atoms with Crippen molar-refractivity contribution < 1.29 is 18.0 Å². The quantitative estimate of drug-likeness (QED) is 0.898. The van der Waals surface area contributed by atoms with Crippen molar-refractivity contribution in [1.29, 1.82) is 0 Å². The molecule has 3 rings (SSSR count). The molecular formula is C16H17F3N4O2. The maximum Gasteiger partial charge on any atom is 0.432 e. The Kier molecular flexibility index (Phi) is 4.40. The number of carbonyl (C=O) groups excluding carboxylic acids is 1. The fourth-order valence-corrected chi connectivity index (χ4v) is 2.94. The zero-order valence-corrected chi connectivity index (χ0v) is 13.5. The highest BCUT2D eigenvalue weighted by Crippen LogP contribution is 2.31. The van der Waals surface area contributed by atoms with E-state index in [0.29, 0.717) is 19.4 Å². The van der Waals surface area contributed by atoms with Crippen LogP contribution in [-0.2, 0) is 13.2 Å². The summed E-state index contributed by atoms with van der Waals surface area (Å²) in [6.07, 6.45) is -0.885. The molecule has 1 aliphatic rings. The normalized spacial score (nSPS) is 18.4. The lowest BCUT2D eigenvalue weighted by molar-refractivity contribution is -0.141. The number of aryl methyl sites for hydroxylation is 1. The maximum absolute atomic E-state index is 12.7. The van der Waals surface area contributed by atoms with Gasteiger partial charge in [0.05, 0.1) is 6.20 Å². The molecule has 134 valence electrons. The third kappa shape index (κ3) is 3.59. The summed E-state index contributed by atoms with van der Waals surface area (Å²) < 4.78 is 39.5. The van der Waals surface area contributed by atoms with Crippen LogP contribution in [0.2, 0.25) is 0 Å². The molecule has 0 aliphatic carbocycles. The summed E-state index contributed by atoms with van der Waals surface area (Å²) in [5.41, 5.74) is -0.906. The van der Waals surface area contributed by atoms with E-state index in [1.165, 1.54) is 16.8 Å². The number of carbonyl (C=O) groups is 1. The third-order valence-corrected chi connectivity index (χ3v) is 4.35. The van der Waals surface area contributed by atoms with E-state index >= 15 is 0 Å². The Morgan fingerprint density at radius 3 is 2.80 bits per heavy atom. The van der Waals surface area contributed by atoms with Crippen LogP contribution in [-0.4, -0.2) is 38.4 Å². The van der Waals surface area contributed by atoms with Gasteiger partial charge in [-0.25, -0.2) is 4.98 Å². The predicted octanol–water partition coefficient (Wildman–Crippen LogP) is 2.15. The number of piperidine rings is 1. The minimum Gasteiger partial charge on any atom is -0.338 e. The molecule has 2 aromatic heterocycles. The van der Waals surface area contributed by atoms with Gasteiger partial charge < -0.3 is 14.5 Å². The second-order valence-electron chi connectivity index (χ2n) is 6.13. The minimum atomic E-state index is -4.47. The molecule has 0 unspecified atom stereocenters. The monoisotopic (exact) mass is 354 g/mol. The molecule has 1 aliphatic heterocycles. The maximum atomic E-state index is 12.7. The molecule has 9 heteroatoms. The van der Waals surface area contributed by atoms with Crippen LogP contribution in [0.5, 0.6) is 0 Å². The standard InChI is InChI=1S/C16H17F3N4O2/c1-22-6-4-10(7-13(22)24)15(25)23-5-2-3-11(9-23)14-20-8-12(21-14)16(17,18)19/h4,6-8,11H,2-3,5,9H2,1H3,(H,20,21)/t11-/m1/s1. The lowest BCUT2D eigenvalue weighted by atomic mass is 9.97. The molecule has 3 heterocycles. The Labute approximate surface area is 141 Å². The first-order valence-electron chi connectivity index (χ1n) is 7.84. The van der Waals surface area contributed by atoms with Gasteiger partial charge in [0.1, 0.15) is 11.5 Å². The molecule has 1 N–H and O–H groups in total. The number of likely N-dealkylation sites (tertiary alicyclic amines) is 1. The molecule has 0 radical (unpaired) electrons. The number of rotatable bonds is 2. The second-order valence-corrected chi connectivity index (χ2v) is 6.13. The molecule has 2 aromatic rings. The summed E-state index contributed by atoms with van der Waals surface area (Å²) in [7, 11) is 1.59. The highest BCUT2D eigenvalue weighted by atomic mass is 19.4. The summed E-state index contributed by atoms with van der Waals surface area (Å²) in [6, 6.07) is 2.82. The van der Waals surface area contributed by atoms with Crippen molar-refractivity contribution in [3.8, 4) is 0 Å². The number of pyridine rings is 1. The van der Waals surface area contributed by atoms with E-state index in [2.05, 4.69) is 9.97 Å². The highest BCUT2D eigenvalue weighted by Gasteiger charge is 2.35. The Balaban J connectivity index is 1.76. The molecule has 0 saturated carbocycles. The summed E-state index contributed by atoms with van der Waals surface area (Å²) in [5.74, 6) is -0.362. The highest BCUT2D eigenvalue weighted by molar-refractivity contribution is 5.94. The van der Waals surface area contributed by atoms with Crippen LogP contribution >= 0.6 is 0 Å². The molecular weight excluding hydrogens is 337 g/mol. The lowest BCUT2D eigenvalue weighted by Gasteiger charge is -2.32. The molecule has 0 aromatic carbocycles. The van der Waals surface area contributed by atoms with E-state index in [0.717, 1.165) is 6.20 Å². The summed E-state index contributed by atoms with van der Waals surface area (Å²) in [5, 5.41) is 0. The number of hydrogen-bond acceptors (Lipinski definition) is 3. The van der Waals surface area contributed by atoms with Crippen LogP contribution in [0.3, 0.4) is 0 Å². The number of nitrogens with one attached hydrogen (secondary N) is 1. The summed E-state index contributed by atoms with van der Waals surface area (Å²) >= 11 is 0. The molecule has 25 heavy (non-hydrogen) atoms. The van der Waals surface area contributed by atoms with Gasteiger partial charge in [-0.05, 0) is 18.9 Å². The van der Waals surface area contributed by atoms with E-state index in [1.54, 1.807) is 18.0 Å². The fraction of sp³-hybridized carbons (Fsp3) is 0.438. The Bertz CT molecular complexity index is 840. The fourth-order valence-electron chi connectivity index (χ4n) is 2.94. The topological polar surface area (TPSA) is 71.0 Å². The predicted molar refractivity (Wildman–Crippen MR) is 83.2 cm³/mol. The van der Waals surface area contributed by atoms with Gasteiger partial charge in [-0.2, -0.15) is 13.2 Å². The van der Waals surface area contributed by atoms with Crippen LogP contribution in [0.1, 0.15) is 40.6 Å². The number of alkyl halides is 3. The molecule has 0 spiro atoms. The number of hydrogen-bond donors (Lipinski definition) is 1. The Hall–Kier alpha value is -2.58. The van der Waals surface area contributed by atoms with Crippen molar-refractivity contribution >= 4 is 5.91 Å². The third-order valence-electron chi connectivity index (χ3n) is 4.35. The molecule has 1 saturated heterocycles. The first-order valence-corrected chi connectivity index (χ1v) is 7.84. The van der Waals surface area contributed by atoms with Crippen molar-refractivity contribution in [3.05, 3.63) is 52.0 Å². The number of nitrogens with zero attached hydrogens (tertiary/aromatic N) is 3. The molecule has 0 bridgehead atoms. The minimum absolute atomic E-state index is 0.230. The van der Waals surface area contributed by atoms with Crippen molar-refractivity contribution in [3.63, 3.8) is 0 Å².